The highest BCUT2D eigenvalue weighted by Crippen LogP contribution is 2.05. The van der Waals surface area contributed by atoms with E-state index >= 15 is 0 Å². The minimum absolute atomic E-state index is 0.339. The SMILES string of the molecule is CCCC(O)Cc1ccc(F)cn1. The van der Waals surface area contributed by atoms with Gasteiger partial charge in [0, 0.05) is 12.1 Å². The number of nitrogens with zero attached hydrogens (tertiary/aromatic N) is 1. The lowest BCUT2D eigenvalue weighted by Crippen LogP contribution is -2.10. The van der Waals surface area contributed by atoms with Gasteiger partial charge in [-0.15, -0.1) is 0 Å². The number of pyridine rings is 1. The van der Waals surface area contributed by atoms with Crippen LogP contribution in [0.2, 0.25) is 0 Å². The summed E-state index contributed by atoms with van der Waals surface area (Å²) in [5.74, 6) is -0.339. The lowest BCUT2D eigenvalue weighted by molar-refractivity contribution is 0.162. The molecule has 0 aromatic carbocycles. The van der Waals surface area contributed by atoms with Crippen LogP contribution in [0.25, 0.3) is 0 Å². The van der Waals surface area contributed by atoms with E-state index in [1.54, 1.807) is 6.07 Å². The van der Waals surface area contributed by atoms with Crippen LogP contribution < -0.4 is 0 Å². The topological polar surface area (TPSA) is 33.1 Å². The van der Waals surface area contributed by atoms with Gasteiger partial charge in [0.25, 0.3) is 0 Å². The second kappa shape index (κ2) is 4.92. The van der Waals surface area contributed by atoms with Crippen LogP contribution in [-0.4, -0.2) is 16.2 Å². The number of aliphatic hydroxyl groups is 1. The molecule has 0 aliphatic heterocycles. The molecule has 1 rings (SSSR count). The first-order valence-corrected chi connectivity index (χ1v) is 4.51. The average molecular weight is 183 g/mol. The van der Waals surface area contributed by atoms with E-state index in [2.05, 4.69) is 4.98 Å². The van der Waals surface area contributed by atoms with Crippen LogP contribution >= 0.6 is 0 Å². The molecule has 1 atom stereocenters. The predicted octanol–water partition coefficient (Wildman–Crippen LogP) is 1.92. The molecule has 0 saturated heterocycles. The molecular formula is C10H14FNO. The smallest absolute Gasteiger partial charge is 0.141 e. The maximum atomic E-state index is 12.4. The summed E-state index contributed by atoms with van der Waals surface area (Å²) in [7, 11) is 0. The van der Waals surface area contributed by atoms with E-state index < -0.39 is 0 Å². The summed E-state index contributed by atoms with van der Waals surface area (Å²) in [6, 6.07) is 2.97. The van der Waals surface area contributed by atoms with Crippen LogP contribution in [0.3, 0.4) is 0 Å². The zero-order valence-corrected chi connectivity index (χ0v) is 7.70. The summed E-state index contributed by atoms with van der Waals surface area (Å²) in [4.78, 5) is 3.87. The Labute approximate surface area is 77.4 Å². The highest BCUT2D eigenvalue weighted by Gasteiger charge is 2.04. The molecule has 0 aliphatic rings. The molecule has 0 bridgehead atoms. The molecule has 1 heterocycles. The molecule has 0 spiro atoms. The quantitative estimate of drug-likeness (QED) is 0.773. The van der Waals surface area contributed by atoms with Crippen LogP contribution in [-0.2, 0) is 6.42 Å². The highest BCUT2D eigenvalue weighted by molar-refractivity contribution is 5.06. The van der Waals surface area contributed by atoms with E-state index in [9.17, 15) is 9.50 Å². The van der Waals surface area contributed by atoms with E-state index in [1.165, 1.54) is 12.3 Å². The lowest BCUT2D eigenvalue weighted by Gasteiger charge is -2.07. The van der Waals surface area contributed by atoms with Gasteiger partial charge in [-0.3, -0.25) is 4.98 Å². The molecular weight excluding hydrogens is 169 g/mol. The molecule has 72 valence electrons. The molecule has 0 amide bonds. The first-order chi connectivity index (χ1) is 6.22. The fourth-order valence-electron chi connectivity index (χ4n) is 1.20. The van der Waals surface area contributed by atoms with Gasteiger partial charge in [0.15, 0.2) is 0 Å². The zero-order chi connectivity index (χ0) is 9.68. The molecule has 1 N–H and O–H groups in total. The Kier molecular flexibility index (Phi) is 3.83. The Bertz CT molecular complexity index is 248. The van der Waals surface area contributed by atoms with Crippen molar-refractivity contribution in [2.75, 3.05) is 0 Å². The molecule has 0 fully saturated rings. The second-order valence-electron chi connectivity index (χ2n) is 3.11. The number of aromatic nitrogens is 1. The zero-order valence-electron chi connectivity index (χ0n) is 7.70. The van der Waals surface area contributed by atoms with Gasteiger partial charge >= 0.3 is 0 Å². The van der Waals surface area contributed by atoms with E-state index in [0.717, 1.165) is 18.5 Å². The monoisotopic (exact) mass is 183 g/mol. The van der Waals surface area contributed by atoms with Crippen LogP contribution in [0.5, 0.6) is 0 Å². The van der Waals surface area contributed by atoms with Crippen molar-refractivity contribution in [1.29, 1.82) is 0 Å². The first kappa shape index (κ1) is 10.1. The molecule has 0 aliphatic carbocycles. The molecule has 1 unspecified atom stereocenters. The van der Waals surface area contributed by atoms with Gasteiger partial charge in [0.2, 0.25) is 0 Å². The van der Waals surface area contributed by atoms with Gasteiger partial charge in [-0.05, 0) is 18.6 Å². The molecule has 13 heavy (non-hydrogen) atoms. The second-order valence-corrected chi connectivity index (χ2v) is 3.11. The van der Waals surface area contributed by atoms with E-state index in [4.69, 9.17) is 0 Å². The molecule has 1 aromatic heterocycles. The number of rotatable bonds is 4. The molecule has 0 saturated carbocycles. The highest BCUT2D eigenvalue weighted by atomic mass is 19.1. The normalized spacial score (nSPS) is 12.8. The third-order valence-corrected chi connectivity index (χ3v) is 1.86. The van der Waals surface area contributed by atoms with E-state index in [0.29, 0.717) is 6.42 Å². The van der Waals surface area contributed by atoms with Gasteiger partial charge in [0.05, 0.1) is 12.3 Å². The fraction of sp³-hybridized carbons (Fsp3) is 0.500. The van der Waals surface area contributed by atoms with Crippen LogP contribution in [0.4, 0.5) is 4.39 Å². The number of hydrogen-bond acceptors (Lipinski definition) is 2. The standard InChI is InChI=1S/C10H14FNO/c1-2-3-10(13)6-9-5-4-8(11)7-12-9/h4-5,7,10,13H,2-3,6H2,1H3. The number of aliphatic hydroxyl groups excluding tert-OH is 1. The van der Waals surface area contributed by atoms with Crippen molar-refractivity contribution in [3.8, 4) is 0 Å². The van der Waals surface area contributed by atoms with Crippen molar-refractivity contribution in [3.05, 3.63) is 29.8 Å². The Hall–Kier alpha value is -0.960. The summed E-state index contributed by atoms with van der Waals surface area (Å²) in [6.45, 7) is 2.02. The van der Waals surface area contributed by atoms with Crippen molar-refractivity contribution in [2.45, 2.75) is 32.3 Å². The maximum absolute atomic E-state index is 12.4. The van der Waals surface area contributed by atoms with Gasteiger partial charge in [-0.2, -0.15) is 0 Å². The Morgan fingerprint density at radius 1 is 1.54 bits per heavy atom. The van der Waals surface area contributed by atoms with Crippen molar-refractivity contribution in [1.82, 2.24) is 4.98 Å². The fourth-order valence-corrected chi connectivity index (χ4v) is 1.20. The third-order valence-electron chi connectivity index (χ3n) is 1.86. The summed E-state index contributed by atoms with van der Waals surface area (Å²) >= 11 is 0. The van der Waals surface area contributed by atoms with Crippen LogP contribution in [0.15, 0.2) is 18.3 Å². The van der Waals surface area contributed by atoms with Crippen molar-refractivity contribution in [2.24, 2.45) is 0 Å². The Morgan fingerprint density at radius 3 is 2.85 bits per heavy atom. The first-order valence-electron chi connectivity index (χ1n) is 4.51. The minimum Gasteiger partial charge on any atom is -0.393 e. The van der Waals surface area contributed by atoms with E-state index in [-0.39, 0.29) is 11.9 Å². The van der Waals surface area contributed by atoms with Crippen LogP contribution in [0, 0.1) is 5.82 Å². The van der Waals surface area contributed by atoms with Gasteiger partial charge in [-0.1, -0.05) is 13.3 Å². The molecule has 1 aromatic rings. The largest absolute Gasteiger partial charge is 0.393 e. The lowest BCUT2D eigenvalue weighted by atomic mass is 10.1. The van der Waals surface area contributed by atoms with Gasteiger partial charge in [-0.25, -0.2) is 4.39 Å². The predicted molar refractivity (Wildman–Crippen MR) is 48.8 cm³/mol. The minimum atomic E-state index is -0.358. The number of hydrogen-bond donors (Lipinski definition) is 1. The van der Waals surface area contributed by atoms with Crippen LogP contribution in [0.1, 0.15) is 25.5 Å². The third kappa shape index (κ3) is 3.51. The summed E-state index contributed by atoms with van der Waals surface area (Å²) in [6.07, 6.45) is 3.03. The van der Waals surface area contributed by atoms with Gasteiger partial charge < -0.3 is 5.11 Å². The van der Waals surface area contributed by atoms with Crippen molar-refractivity contribution in [3.63, 3.8) is 0 Å². The maximum Gasteiger partial charge on any atom is 0.141 e. The Morgan fingerprint density at radius 2 is 2.31 bits per heavy atom. The average Bonchev–Trinajstić information content (AvgIpc) is 2.09. The van der Waals surface area contributed by atoms with E-state index in [1.807, 2.05) is 6.92 Å². The summed E-state index contributed by atoms with van der Waals surface area (Å²) in [5.41, 5.74) is 0.738. The van der Waals surface area contributed by atoms with Crippen molar-refractivity contribution < 1.29 is 9.50 Å². The van der Waals surface area contributed by atoms with Gasteiger partial charge in [0.1, 0.15) is 5.82 Å². The molecule has 3 heteroatoms. The summed E-state index contributed by atoms with van der Waals surface area (Å²) in [5, 5.41) is 9.44. The molecule has 0 radical (unpaired) electrons. The Balaban J connectivity index is 2.49. The van der Waals surface area contributed by atoms with Crippen molar-refractivity contribution >= 4 is 0 Å². The molecule has 2 nitrogen and oxygen atoms in total. The summed E-state index contributed by atoms with van der Waals surface area (Å²) < 4.78 is 12.4. The number of halogens is 1.